The molecule has 0 saturated carbocycles. The van der Waals surface area contributed by atoms with Gasteiger partial charge in [-0.3, -0.25) is 4.79 Å². The molecule has 2 heterocycles. The number of nitrogens with one attached hydrogen (secondary N) is 1. The first-order valence-corrected chi connectivity index (χ1v) is 9.89. The van der Waals surface area contributed by atoms with Gasteiger partial charge in [0.05, 0.1) is 22.4 Å². The fourth-order valence-electron chi connectivity index (χ4n) is 2.24. The van der Waals surface area contributed by atoms with Crippen LogP contribution < -0.4 is 15.9 Å². The first-order valence-electron chi connectivity index (χ1n) is 8.15. The number of carbonyl (C=O) groups is 1. The smallest absolute Gasteiger partial charge is 0.236 e. The second kappa shape index (κ2) is 9.13. The molecule has 0 fully saturated rings. The van der Waals surface area contributed by atoms with Gasteiger partial charge in [-0.25, -0.2) is 9.66 Å². The number of rotatable bonds is 7. The number of hydrogen-bond acceptors (Lipinski definition) is 7. The third-order valence-electron chi connectivity index (χ3n) is 3.49. The number of nitrogens with two attached hydrogens (primary N) is 1. The van der Waals surface area contributed by atoms with Crippen molar-refractivity contribution >= 4 is 46.7 Å². The Morgan fingerprint density at radius 3 is 2.71 bits per heavy atom. The highest BCUT2D eigenvalue weighted by atomic mass is 35.5. The summed E-state index contributed by atoms with van der Waals surface area (Å²) in [7, 11) is 0. The molecule has 2 aromatic heterocycles. The summed E-state index contributed by atoms with van der Waals surface area (Å²) in [4.78, 5) is 16.1. The van der Waals surface area contributed by atoms with Crippen molar-refractivity contribution in [1.29, 1.82) is 0 Å². The van der Waals surface area contributed by atoms with Crippen LogP contribution in [-0.4, -0.2) is 38.1 Å². The second-order valence-corrected chi connectivity index (χ2v) is 7.24. The quantitative estimate of drug-likeness (QED) is 0.429. The Morgan fingerprint density at radius 2 is 2.04 bits per heavy atom. The molecule has 3 rings (SSSR count). The maximum absolute atomic E-state index is 12.1. The Bertz CT molecular complexity index is 980. The summed E-state index contributed by atoms with van der Waals surface area (Å²) < 4.78 is 6.75. The maximum atomic E-state index is 12.1. The van der Waals surface area contributed by atoms with Gasteiger partial charge < -0.3 is 15.9 Å². The largest absolute Gasteiger partial charge is 0.494 e. The Kier molecular flexibility index (Phi) is 6.61. The van der Waals surface area contributed by atoms with Gasteiger partial charge >= 0.3 is 0 Å². The number of hydrogen-bond donors (Lipinski definition) is 2. The maximum Gasteiger partial charge on any atom is 0.236 e. The van der Waals surface area contributed by atoms with E-state index in [0.717, 1.165) is 23.1 Å². The molecular weight excluding hydrogens is 423 g/mol. The van der Waals surface area contributed by atoms with Gasteiger partial charge in [-0.05, 0) is 37.3 Å². The Labute approximate surface area is 175 Å². The number of benzene rings is 1. The number of halogens is 2. The fourth-order valence-corrected chi connectivity index (χ4v) is 3.33. The fraction of sp³-hybridized carbons (Fsp3) is 0.176. The van der Waals surface area contributed by atoms with Crippen molar-refractivity contribution in [2.45, 2.75) is 12.1 Å². The Hall–Kier alpha value is -2.49. The number of ether oxygens (including phenoxy) is 1. The van der Waals surface area contributed by atoms with E-state index in [9.17, 15) is 4.79 Å². The average molecular weight is 439 g/mol. The summed E-state index contributed by atoms with van der Waals surface area (Å²) in [6.45, 7) is 2.51. The number of carbonyl (C=O) groups excluding carboxylic acids is 1. The van der Waals surface area contributed by atoms with Crippen molar-refractivity contribution in [3.8, 4) is 17.1 Å². The summed E-state index contributed by atoms with van der Waals surface area (Å²) in [6, 6.07) is 8.84. The van der Waals surface area contributed by atoms with Gasteiger partial charge in [0.1, 0.15) is 5.75 Å². The molecule has 0 bridgehead atoms. The van der Waals surface area contributed by atoms with Gasteiger partial charge in [0, 0.05) is 11.8 Å². The molecule has 28 heavy (non-hydrogen) atoms. The zero-order valence-corrected chi connectivity index (χ0v) is 17.1. The lowest BCUT2D eigenvalue weighted by Gasteiger charge is -2.07. The molecule has 0 aliphatic heterocycles. The van der Waals surface area contributed by atoms with Crippen LogP contribution in [0, 0.1) is 0 Å². The highest BCUT2D eigenvalue weighted by Gasteiger charge is 2.15. The summed E-state index contributed by atoms with van der Waals surface area (Å²) in [6.07, 6.45) is 1.40. The van der Waals surface area contributed by atoms with Gasteiger partial charge in [0.25, 0.3) is 0 Å². The van der Waals surface area contributed by atoms with Gasteiger partial charge in [-0.1, -0.05) is 35.0 Å². The molecule has 1 aromatic carbocycles. The van der Waals surface area contributed by atoms with Crippen LogP contribution >= 0.6 is 35.0 Å². The minimum atomic E-state index is -0.313. The number of thioether (sulfide) groups is 1. The zero-order valence-electron chi connectivity index (χ0n) is 14.7. The molecule has 0 spiro atoms. The second-order valence-electron chi connectivity index (χ2n) is 5.45. The van der Waals surface area contributed by atoms with Crippen molar-refractivity contribution in [3.05, 3.63) is 46.6 Å². The summed E-state index contributed by atoms with van der Waals surface area (Å²) in [5.41, 5.74) is 0.784. The lowest BCUT2D eigenvalue weighted by Crippen LogP contribution is -2.17. The molecule has 1 amide bonds. The van der Waals surface area contributed by atoms with Crippen LogP contribution in [0.25, 0.3) is 11.4 Å². The van der Waals surface area contributed by atoms with E-state index in [2.05, 4.69) is 20.5 Å². The van der Waals surface area contributed by atoms with E-state index in [0.29, 0.717) is 22.6 Å². The van der Waals surface area contributed by atoms with Crippen molar-refractivity contribution < 1.29 is 9.53 Å². The molecule has 0 aliphatic rings. The normalized spacial score (nSPS) is 10.7. The molecule has 11 heteroatoms. The molecule has 0 aliphatic carbocycles. The van der Waals surface area contributed by atoms with Crippen LogP contribution in [0.3, 0.4) is 0 Å². The third kappa shape index (κ3) is 4.86. The standard InChI is InChI=1S/C17H16Cl2N6O2S/c1-2-27-12-5-3-10(4-6-12)16-23-24-17(25(16)20)28-9-14(26)22-15-13(19)7-11(18)8-21-15/h3-8H,2,9,20H2,1H3,(H,21,22,26). The first-order chi connectivity index (χ1) is 13.5. The van der Waals surface area contributed by atoms with Crippen LogP contribution in [0.1, 0.15) is 6.92 Å². The number of pyridine rings is 1. The minimum Gasteiger partial charge on any atom is -0.494 e. The van der Waals surface area contributed by atoms with E-state index in [-0.39, 0.29) is 22.5 Å². The lowest BCUT2D eigenvalue weighted by molar-refractivity contribution is -0.113. The third-order valence-corrected chi connectivity index (χ3v) is 4.92. The highest BCUT2D eigenvalue weighted by molar-refractivity contribution is 7.99. The molecular formula is C17H16Cl2N6O2S. The van der Waals surface area contributed by atoms with Gasteiger partial charge in [-0.2, -0.15) is 0 Å². The topological polar surface area (TPSA) is 108 Å². The van der Waals surface area contributed by atoms with Crippen molar-refractivity contribution in [3.63, 3.8) is 0 Å². The van der Waals surface area contributed by atoms with Crippen LogP contribution in [0.4, 0.5) is 5.82 Å². The summed E-state index contributed by atoms with van der Waals surface area (Å²) >= 11 is 12.9. The number of nitrogens with zero attached hydrogens (tertiary/aromatic N) is 4. The van der Waals surface area contributed by atoms with Gasteiger partial charge in [0.15, 0.2) is 11.6 Å². The average Bonchev–Trinajstić information content (AvgIpc) is 3.04. The van der Waals surface area contributed by atoms with E-state index < -0.39 is 0 Å². The van der Waals surface area contributed by atoms with E-state index in [1.54, 1.807) is 0 Å². The SMILES string of the molecule is CCOc1ccc(-c2nnc(SCC(=O)Nc3ncc(Cl)cc3Cl)n2N)cc1. The lowest BCUT2D eigenvalue weighted by atomic mass is 10.2. The van der Waals surface area contributed by atoms with E-state index in [1.807, 2.05) is 31.2 Å². The molecule has 3 N–H and O–H groups in total. The predicted molar refractivity (Wildman–Crippen MR) is 110 cm³/mol. The van der Waals surface area contributed by atoms with Crippen molar-refractivity contribution in [2.75, 3.05) is 23.5 Å². The molecule has 3 aromatic rings. The van der Waals surface area contributed by atoms with Crippen molar-refractivity contribution in [1.82, 2.24) is 19.9 Å². The monoisotopic (exact) mass is 438 g/mol. The Morgan fingerprint density at radius 1 is 1.29 bits per heavy atom. The van der Waals surface area contributed by atoms with E-state index in [4.69, 9.17) is 33.8 Å². The molecule has 8 nitrogen and oxygen atoms in total. The number of anilines is 1. The van der Waals surface area contributed by atoms with Crippen LogP contribution in [0.5, 0.6) is 5.75 Å². The summed E-state index contributed by atoms with van der Waals surface area (Å²) in [5.74, 6) is 7.29. The van der Waals surface area contributed by atoms with Gasteiger partial charge in [0.2, 0.25) is 11.1 Å². The predicted octanol–water partition coefficient (Wildman–Crippen LogP) is 3.49. The summed E-state index contributed by atoms with van der Waals surface area (Å²) in [5, 5.41) is 11.8. The molecule has 0 radical (unpaired) electrons. The highest BCUT2D eigenvalue weighted by Crippen LogP contribution is 2.25. The zero-order chi connectivity index (χ0) is 20.1. The number of amides is 1. The van der Waals surface area contributed by atoms with Crippen LogP contribution in [0.2, 0.25) is 10.0 Å². The molecule has 0 saturated heterocycles. The first kappa shape index (κ1) is 20.2. The van der Waals surface area contributed by atoms with E-state index in [1.165, 1.54) is 16.9 Å². The molecule has 0 atom stereocenters. The molecule has 146 valence electrons. The minimum absolute atomic E-state index is 0.0548. The van der Waals surface area contributed by atoms with E-state index >= 15 is 0 Å². The van der Waals surface area contributed by atoms with Crippen molar-refractivity contribution in [2.24, 2.45) is 0 Å². The molecule has 0 unspecified atom stereocenters. The number of nitrogen functional groups attached to an aromatic ring is 1. The number of aromatic nitrogens is 4. The Balaban J connectivity index is 1.63. The van der Waals surface area contributed by atoms with Crippen LogP contribution in [-0.2, 0) is 4.79 Å². The van der Waals surface area contributed by atoms with Crippen LogP contribution in [0.15, 0.2) is 41.7 Å². The van der Waals surface area contributed by atoms with Gasteiger partial charge in [-0.15, -0.1) is 10.2 Å².